The second-order valence-corrected chi connectivity index (χ2v) is 9.32. The number of rotatable bonds is 3. The molecule has 0 atom stereocenters. The van der Waals surface area contributed by atoms with Crippen molar-refractivity contribution in [3.8, 4) is 11.5 Å². The normalized spacial score (nSPS) is 17.5. The number of nitrogens with zero attached hydrogens (tertiary/aromatic N) is 2. The minimum Gasteiger partial charge on any atom is -0.490 e. The first-order valence-electron chi connectivity index (χ1n) is 9.50. The van der Waals surface area contributed by atoms with Crippen molar-refractivity contribution in [2.24, 2.45) is 0 Å². The van der Waals surface area contributed by atoms with Crippen LogP contribution in [0.1, 0.15) is 16.8 Å². The summed E-state index contributed by atoms with van der Waals surface area (Å²) >= 11 is 5.98. The lowest BCUT2D eigenvalue weighted by Crippen LogP contribution is -2.50. The van der Waals surface area contributed by atoms with Crippen LogP contribution in [0, 0.1) is 5.82 Å². The number of carbonyl (C=O) groups is 1. The Morgan fingerprint density at radius 3 is 2.37 bits per heavy atom. The number of fused-ring (bicyclic) bond motifs is 1. The van der Waals surface area contributed by atoms with E-state index in [0.29, 0.717) is 24.7 Å². The van der Waals surface area contributed by atoms with Crippen molar-refractivity contribution in [3.63, 3.8) is 0 Å². The Balaban J connectivity index is 1.47. The molecule has 2 aromatic rings. The molecule has 160 valence electrons. The largest absolute Gasteiger partial charge is 0.490 e. The van der Waals surface area contributed by atoms with Crippen LogP contribution in [0.15, 0.2) is 41.3 Å². The summed E-state index contributed by atoms with van der Waals surface area (Å²) < 4.78 is 51.8. The molecule has 4 rings (SSSR count). The molecule has 10 heteroatoms. The molecule has 0 N–H and O–H groups in total. The zero-order chi connectivity index (χ0) is 21.3. The van der Waals surface area contributed by atoms with Gasteiger partial charge in [0.05, 0.1) is 28.7 Å². The molecule has 1 amide bonds. The number of hydrogen-bond donors (Lipinski definition) is 0. The van der Waals surface area contributed by atoms with E-state index in [1.54, 1.807) is 6.07 Å². The van der Waals surface area contributed by atoms with Gasteiger partial charge in [0.25, 0.3) is 5.91 Å². The Kier molecular flexibility index (Phi) is 5.86. The van der Waals surface area contributed by atoms with E-state index >= 15 is 0 Å². The van der Waals surface area contributed by atoms with Gasteiger partial charge in [0.1, 0.15) is 5.82 Å². The molecule has 0 aromatic heterocycles. The van der Waals surface area contributed by atoms with Gasteiger partial charge >= 0.3 is 0 Å². The predicted octanol–water partition coefficient (Wildman–Crippen LogP) is 2.79. The van der Waals surface area contributed by atoms with Gasteiger partial charge in [-0.15, -0.1) is 0 Å². The third kappa shape index (κ3) is 4.10. The van der Waals surface area contributed by atoms with Gasteiger partial charge in [-0.3, -0.25) is 4.79 Å². The highest BCUT2D eigenvalue weighted by Crippen LogP contribution is 2.33. The molecule has 1 saturated heterocycles. The van der Waals surface area contributed by atoms with Crippen LogP contribution >= 0.6 is 11.6 Å². The maximum Gasteiger partial charge on any atom is 0.255 e. The van der Waals surface area contributed by atoms with E-state index in [1.807, 2.05) is 0 Å². The zero-order valence-corrected chi connectivity index (χ0v) is 17.6. The second kappa shape index (κ2) is 8.41. The fourth-order valence-corrected chi connectivity index (χ4v) is 5.10. The Morgan fingerprint density at radius 1 is 0.967 bits per heavy atom. The van der Waals surface area contributed by atoms with Gasteiger partial charge in [-0.25, -0.2) is 12.8 Å². The van der Waals surface area contributed by atoms with Crippen LogP contribution in [0.2, 0.25) is 5.02 Å². The average molecular weight is 455 g/mol. The Morgan fingerprint density at radius 2 is 1.67 bits per heavy atom. The van der Waals surface area contributed by atoms with Crippen LogP contribution in [-0.2, 0) is 10.0 Å². The number of sulfonamides is 1. The lowest BCUT2D eigenvalue weighted by molar-refractivity contribution is 0.0698. The molecular weight excluding hydrogens is 435 g/mol. The number of benzene rings is 2. The maximum absolute atomic E-state index is 13.2. The topological polar surface area (TPSA) is 76.2 Å². The van der Waals surface area contributed by atoms with Crippen LogP contribution in [0.4, 0.5) is 4.39 Å². The van der Waals surface area contributed by atoms with Crippen molar-refractivity contribution in [1.82, 2.24) is 9.21 Å². The molecule has 2 heterocycles. The van der Waals surface area contributed by atoms with Crippen molar-refractivity contribution in [1.29, 1.82) is 0 Å². The molecular formula is C20H20ClFN2O5S. The standard InChI is InChI=1S/C20H20ClFN2O5S/c21-17-12-14(22)2-4-16(17)20(25)23-6-8-24(9-7-23)30(26,27)15-3-5-18-19(13-15)29-11-1-10-28-18/h2-5,12-13H,1,6-11H2. The smallest absolute Gasteiger partial charge is 0.255 e. The van der Waals surface area contributed by atoms with Crippen LogP contribution in [-0.4, -0.2) is 62.9 Å². The highest BCUT2D eigenvalue weighted by molar-refractivity contribution is 7.89. The zero-order valence-electron chi connectivity index (χ0n) is 16.0. The molecule has 0 saturated carbocycles. The number of hydrogen-bond acceptors (Lipinski definition) is 5. The molecule has 2 aromatic carbocycles. The highest BCUT2D eigenvalue weighted by atomic mass is 35.5. The maximum atomic E-state index is 13.2. The van der Waals surface area contributed by atoms with Gasteiger partial charge in [-0.05, 0) is 30.3 Å². The molecule has 1 fully saturated rings. The minimum absolute atomic E-state index is 0.0299. The molecule has 0 spiro atoms. The van der Waals surface area contributed by atoms with Crippen LogP contribution in [0.5, 0.6) is 11.5 Å². The third-order valence-electron chi connectivity index (χ3n) is 5.04. The summed E-state index contributed by atoms with van der Waals surface area (Å²) in [5.74, 6) is 0.0570. The van der Waals surface area contributed by atoms with Crippen LogP contribution < -0.4 is 9.47 Å². The molecule has 0 bridgehead atoms. The summed E-state index contributed by atoms with van der Waals surface area (Å²) in [4.78, 5) is 14.3. The van der Waals surface area contributed by atoms with Gasteiger partial charge < -0.3 is 14.4 Å². The van der Waals surface area contributed by atoms with Crippen LogP contribution in [0.25, 0.3) is 0 Å². The van der Waals surface area contributed by atoms with Crippen molar-refractivity contribution >= 4 is 27.5 Å². The van der Waals surface area contributed by atoms with Gasteiger partial charge in [0, 0.05) is 38.7 Å². The molecule has 2 aliphatic heterocycles. The molecule has 7 nitrogen and oxygen atoms in total. The quantitative estimate of drug-likeness (QED) is 0.712. The van der Waals surface area contributed by atoms with Crippen molar-refractivity contribution in [2.75, 3.05) is 39.4 Å². The van der Waals surface area contributed by atoms with Crippen molar-refractivity contribution in [2.45, 2.75) is 11.3 Å². The number of piperazine rings is 1. The van der Waals surface area contributed by atoms with E-state index < -0.39 is 15.8 Å². The summed E-state index contributed by atoms with van der Waals surface area (Å²) in [6.45, 7) is 1.67. The van der Waals surface area contributed by atoms with E-state index in [0.717, 1.165) is 12.5 Å². The molecule has 0 unspecified atom stereocenters. The number of ether oxygens (including phenoxy) is 2. The van der Waals surface area contributed by atoms with Crippen molar-refractivity contribution < 1.29 is 27.1 Å². The first kappa shape index (κ1) is 20.9. The van der Waals surface area contributed by atoms with Gasteiger partial charge in [0.15, 0.2) is 11.5 Å². The first-order valence-corrected chi connectivity index (χ1v) is 11.3. The number of amides is 1. The lowest BCUT2D eigenvalue weighted by atomic mass is 10.2. The minimum atomic E-state index is -3.75. The Hall–Kier alpha value is -2.36. The SMILES string of the molecule is O=C(c1ccc(F)cc1Cl)N1CCN(S(=O)(=O)c2ccc3c(c2)OCCCO3)CC1. The van der Waals surface area contributed by atoms with Crippen LogP contribution in [0.3, 0.4) is 0 Å². The number of carbonyl (C=O) groups excluding carboxylic acids is 1. The molecule has 2 aliphatic rings. The van der Waals surface area contributed by atoms with E-state index in [1.165, 1.54) is 33.5 Å². The number of halogens is 2. The van der Waals surface area contributed by atoms with E-state index in [4.69, 9.17) is 21.1 Å². The van der Waals surface area contributed by atoms with E-state index in [9.17, 15) is 17.6 Å². The summed E-state index contributed by atoms with van der Waals surface area (Å²) in [6, 6.07) is 8.17. The fraction of sp³-hybridized carbons (Fsp3) is 0.350. The molecule has 30 heavy (non-hydrogen) atoms. The van der Waals surface area contributed by atoms with Gasteiger partial charge in [-0.1, -0.05) is 11.6 Å². The average Bonchev–Trinajstić information content (AvgIpc) is 2.98. The first-order chi connectivity index (χ1) is 14.4. The highest BCUT2D eigenvalue weighted by Gasteiger charge is 2.31. The summed E-state index contributed by atoms with van der Waals surface area (Å²) in [5, 5.41) is 0.0299. The third-order valence-corrected chi connectivity index (χ3v) is 7.25. The van der Waals surface area contributed by atoms with Gasteiger partial charge in [0.2, 0.25) is 10.0 Å². The lowest BCUT2D eigenvalue weighted by Gasteiger charge is -2.34. The van der Waals surface area contributed by atoms with E-state index in [-0.39, 0.29) is 47.6 Å². The summed E-state index contributed by atoms with van der Waals surface area (Å²) in [5.41, 5.74) is 0.192. The van der Waals surface area contributed by atoms with Gasteiger partial charge in [-0.2, -0.15) is 4.31 Å². The molecule has 0 radical (unpaired) electrons. The van der Waals surface area contributed by atoms with E-state index in [2.05, 4.69) is 0 Å². The Bertz CT molecular complexity index is 1070. The summed E-state index contributed by atoms with van der Waals surface area (Å²) in [7, 11) is -3.75. The fourth-order valence-electron chi connectivity index (χ4n) is 3.42. The monoisotopic (exact) mass is 454 g/mol. The molecule has 0 aliphatic carbocycles. The summed E-state index contributed by atoms with van der Waals surface area (Å²) in [6.07, 6.45) is 0.727. The predicted molar refractivity (Wildman–Crippen MR) is 108 cm³/mol. The second-order valence-electron chi connectivity index (χ2n) is 6.98. The Labute approximate surface area is 179 Å². The van der Waals surface area contributed by atoms with Crippen molar-refractivity contribution in [3.05, 3.63) is 52.8 Å².